The van der Waals surface area contributed by atoms with Gasteiger partial charge in [-0.25, -0.2) is 4.39 Å². The predicted octanol–water partition coefficient (Wildman–Crippen LogP) is 14.7. The molecule has 0 amide bonds. The maximum Gasteiger partial charge on any atom is 0 e. The van der Waals surface area contributed by atoms with Gasteiger partial charge in [0.1, 0.15) is 6.07 Å². The van der Waals surface area contributed by atoms with Crippen LogP contribution in [-0.4, -0.2) is 27.8 Å². The van der Waals surface area contributed by atoms with Crippen molar-refractivity contribution in [1.82, 2.24) is 14.5 Å². The van der Waals surface area contributed by atoms with Crippen molar-refractivity contribution in [2.75, 3.05) is 0 Å². The van der Waals surface area contributed by atoms with Crippen molar-refractivity contribution in [3.05, 3.63) is 168 Å². The third-order valence-corrected chi connectivity index (χ3v) is 16.1. The molecule has 0 aliphatic heterocycles. The molecule has 3 heterocycles. The number of benzene rings is 6. The van der Waals surface area contributed by atoms with Crippen LogP contribution in [-0.2, 0) is 25.5 Å². The van der Waals surface area contributed by atoms with Crippen LogP contribution in [0.5, 0.6) is 0 Å². The van der Waals surface area contributed by atoms with Gasteiger partial charge < -0.3 is 9.40 Å². The van der Waals surface area contributed by atoms with Crippen molar-refractivity contribution in [2.45, 2.75) is 83.0 Å². The number of hydrogen-bond donors (Lipinski definition) is 0. The number of para-hydroxylation sites is 2. The van der Waals surface area contributed by atoms with Gasteiger partial charge in [-0.2, -0.15) is 5.26 Å². The minimum Gasteiger partial charge on any atom is 0 e. The molecule has 0 N–H and O–H groups in total. The molecule has 0 fully saturated rings. The molecule has 0 saturated heterocycles. The van der Waals surface area contributed by atoms with Gasteiger partial charge >= 0.3 is 201 Å². The van der Waals surface area contributed by atoms with Crippen molar-refractivity contribution in [2.24, 2.45) is 0 Å². The number of halogens is 1. The van der Waals surface area contributed by atoms with Gasteiger partial charge in [0, 0.05) is 31.7 Å². The van der Waals surface area contributed by atoms with Crippen LogP contribution in [0.4, 0.5) is 4.39 Å². The molecule has 9 aromatic rings. The first-order valence-corrected chi connectivity index (χ1v) is 29.1. The molecule has 325 valence electrons. The maximum absolute atomic E-state index is 15.4. The number of furan rings is 1. The minimum atomic E-state index is -1.94. The average molecular weight is 1080 g/mol. The first kappa shape index (κ1) is 46.3. The summed E-state index contributed by atoms with van der Waals surface area (Å²) in [5.41, 5.74) is 12.4. The Kier molecular flexibility index (Phi) is 13.4. The van der Waals surface area contributed by atoms with E-state index in [1.165, 1.54) is 38.3 Å². The van der Waals surface area contributed by atoms with Crippen molar-refractivity contribution >= 4 is 50.6 Å². The summed E-state index contributed by atoms with van der Waals surface area (Å²) in [6.45, 7) is 15.5. The number of imidazole rings is 1. The fraction of sp³-hybridized carbons (Fsp3) is 0.232. The largest absolute Gasteiger partial charge is 0 e. The zero-order valence-electron chi connectivity index (χ0n) is 38.2. The summed E-state index contributed by atoms with van der Waals surface area (Å²) in [5, 5.41) is 10.8. The fourth-order valence-electron chi connectivity index (χ4n) is 8.14. The molecule has 3 aromatic heterocycles. The van der Waals surface area contributed by atoms with Crippen LogP contribution in [0.15, 0.2) is 132 Å². The van der Waals surface area contributed by atoms with Crippen molar-refractivity contribution in [3.63, 3.8) is 0 Å². The SMILES string of the molecule is CC(C)(C)c1ccc(-c2[c-]cccc2)nc1.CC(C)c1cc(-c2cc[c]([Ge]([CH3])([CH3])[CH3])cc2)cc(C(C)C)c1-n1c(-c2[c-]ccc3c2oc2c(F)c(C#N)ccc23)nc2ccccc21.[Ir]. The summed E-state index contributed by atoms with van der Waals surface area (Å²) in [6.07, 6.45) is 1.95. The van der Waals surface area contributed by atoms with Gasteiger partial charge in [-0.15, -0.1) is 48.0 Å². The maximum atomic E-state index is 15.4. The Hall–Kier alpha value is -5.65. The number of aromatic nitrogens is 3. The van der Waals surface area contributed by atoms with Gasteiger partial charge in [0.05, 0.1) is 5.56 Å². The third-order valence-electron chi connectivity index (χ3n) is 11.8. The number of rotatable bonds is 7. The zero-order chi connectivity index (χ0) is 44.8. The van der Waals surface area contributed by atoms with E-state index in [4.69, 9.17) is 9.40 Å². The van der Waals surface area contributed by atoms with E-state index in [0.717, 1.165) is 33.4 Å². The molecule has 9 rings (SSSR count). The van der Waals surface area contributed by atoms with E-state index < -0.39 is 19.1 Å². The molecule has 5 nitrogen and oxygen atoms in total. The summed E-state index contributed by atoms with van der Waals surface area (Å²) in [5.74, 6) is 7.72. The van der Waals surface area contributed by atoms with Crippen LogP contribution in [0.1, 0.15) is 82.6 Å². The van der Waals surface area contributed by atoms with Crippen LogP contribution < -0.4 is 4.40 Å². The topological polar surface area (TPSA) is 67.6 Å². The van der Waals surface area contributed by atoms with Gasteiger partial charge in [-0.1, -0.05) is 50.4 Å². The summed E-state index contributed by atoms with van der Waals surface area (Å²) in [6, 6.07) is 49.6. The van der Waals surface area contributed by atoms with E-state index in [9.17, 15) is 5.26 Å². The van der Waals surface area contributed by atoms with Crippen LogP contribution >= 0.6 is 0 Å². The van der Waals surface area contributed by atoms with E-state index in [1.807, 2.05) is 66.9 Å². The quantitative estimate of drug-likeness (QED) is 0.118. The Balaban J connectivity index is 0.000000304. The molecular formula is C56H53FGeIrN4O-2. The number of nitriles is 1. The van der Waals surface area contributed by atoms with E-state index in [0.29, 0.717) is 22.4 Å². The molecule has 8 heteroatoms. The summed E-state index contributed by atoms with van der Waals surface area (Å²) >= 11 is -1.94. The van der Waals surface area contributed by atoms with Gasteiger partial charge in [0.25, 0.3) is 0 Å². The third kappa shape index (κ3) is 9.02. The van der Waals surface area contributed by atoms with E-state index in [-0.39, 0.29) is 48.5 Å². The number of hydrogen-bond acceptors (Lipinski definition) is 4. The Morgan fingerprint density at radius 2 is 1.42 bits per heavy atom. The molecule has 0 aliphatic carbocycles. The Bertz CT molecular complexity index is 3120. The van der Waals surface area contributed by atoms with Gasteiger partial charge in [0.2, 0.25) is 0 Å². The fourth-order valence-corrected chi connectivity index (χ4v) is 10.6. The van der Waals surface area contributed by atoms with Crippen LogP contribution in [0.25, 0.3) is 72.4 Å². The molecular weight excluding hydrogens is 1030 g/mol. The smallest absolute Gasteiger partial charge is 0 e. The van der Waals surface area contributed by atoms with E-state index in [1.54, 1.807) is 6.07 Å². The molecule has 64 heavy (non-hydrogen) atoms. The molecule has 0 aliphatic rings. The molecule has 0 atom stereocenters. The average Bonchev–Trinajstić information content (AvgIpc) is 3.85. The van der Waals surface area contributed by atoms with Gasteiger partial charge in [0.15, 0.2) is 11.4 Å². The summed E-state index contributed by atoms with van der Waals surface area (Å²) < 4.78 is 25.3. The Labute approximate surface area is 393 Å². The number of pyridine rings is 1. The Morgan fingerprint density at radius 3 is 2.02 bits per heavy atom. The van der Waals surface area contributed by atoms with E-state index >= 15 is 4.39 Å². The second kappa shape index (κ2) is 18.5. The first-order valence-electron chi connectivity index (χ1n) is 21.7. The van der Waals surface area contributed by atoms with Gasteiger partial charge in [-0.3, -0.25) is 0 Å². The Morgan fingerprint density at radius 1 is 0.750 bits per heavy atom. The van der Waals surface area contributed by atoms with E-state index in [2.05, 4.69) is 142 Å². The molecule has 0 spiro atoms. The summed E-state index contributed by atoms with van der Waals surface area (Å²) in [7, 11) is 0. The molecule has 0 bridgehead atoms. The molecule has 1 radical (unpaired) electrons. The zero-order valence-corrected chi connectivity index (χ0v) is 42.7. The monoisotopic (exact) mass is 1080 g/mol. The first-order chi connectivity index (χ1) is 30.0. The number of nitrogens with zero attached hydrogens (tertiary/aromatic N) is 4. The van der Waals surface area contributed by atoms with Crippen molar-refractivity contribution in [3.8, 4) is 45.5 Å². The molecule has 6 aromatic carbocycles. The minimum absolute atomic E-state index is 0. The standard InChI is InChI=1S/C41H37FGeN3O.C15H16N.Ir/c1-24(2)33-21-28(26-15-18-29(19-16-26)43(5,6)7)22-34(25(3)4)38(33)46-36-14-9-8-13-35(36)45-41(46)32-12-10-11-30-31-20-17-27(23-44)37(42)40(31)47-39(30)32;1-15(2,3)13-9-10-14(16-11-13)12-7-5-4-6-8-12;/h8-11,13-22,24-25H,1-7H3;4-7,9-11H,1-3H3;/q2*-1;. The number of fused-ring (bicyclic) bond motifs is 4. The molecule has 0 saturated carbocycles. The predicted molar refractivity (Wildman–Crippen MR) is 261 cm³/mol. The van der Waals surface area contributed by atoms with Crippen LogP contribution in [0.3, 0.4) is 0 Å². The van der Waals surface area contributed by atoms with Gasteiger partial charge in [-0.05, 0) is 22.7 Å². The van der Waals surface area contributed by atoms with Crippen molar-refractivity contribution in [1.29, 1.82) is 5.26 Å². The normalized spacial score (nSPS) is 11.8. The second-order valence-corrected chi connectivity index (χ2v) is 29.6. The van der Waals surface area contributed by atoms with Crippen LogP contribution in [0.2, 0.25) is 17.3 Å². The molecule has 0 unspecified atom stereocenters. The van der Waals surface area contributed by atoms with Crippen LogP contribution in [0, 0.1) is 29.3 Å². The second-order valence-electron chi connectivity index (χ2n) is 19.0. The van der Waals surface area contributed by atoms with Crippen molar-refractivity contribution < 1.29 is 28.9 Å². The summed E-state index contributed by atoms with van der Waals surface area (Å²) in [4.78, 5) is 9.66.